The fourth-order valence-electron chi connectivity index (χ4n) is 4.48. The molecule has 37 heavy (non-hydrogen) atoms. The standard InChI is InChI=1S/C28H27NO8/c1-15-10-11-20(34-2)17(12-15)25(31)23-24(16-13-21(35-3)27(37-5)22(14-16)36-4)29(28(33)26(23)32)18-8-6-7-9-19(18)30/h6-14,24,30-31H,1-5H3/b25-23+. The maximum Gasteiger partial charge on any atom is 0.300 e. The molecule has 0 saturated carbocycles. The molecule has 3 aromatic carbocycles. The van der Waals surface area contributed by atoms with Crippen molar-refractivity contribution in [1.82, 2.24) is 0 Å². The first-order valence-corrected chi connectivity index (χ1v) is 11.3. The van der Waals surface area contributed by atoms with Gasteiger partial charge >= 0.3 is 0 Å². The van der Waals surface area contributed by atoms with Crippen molar-refractivity contribution in [3.8, 4) is 28.7 Å². The van der Waals surface area contributed by atoms with Crippen LogP contribution in [0.25, 0.3) is 5.76 Å². The van der Waals surface area contributed by atoms with Gasteiger partial charge in [-0.15, -0.1) is 0 Å². The van der Waals surface area contributed by atoms with Crippen LogP contribution >= 0.6 is 0 Å². The van der Waals surface area contributed by atoms with Crippen molar-refractivity contribution in [3.63, 3.8) is 0 Å². The molecule has 2 N–H and O–H groups in total. The Kier molecular flexibility index (Phi) is 6.97. The number of nitrogens with zero attached hydrogens (tertiary/aromatic N) is 1. The highest BCUT2D eigenvalue weighted by Crippen LogP contribution is 2.49. The van der Waals surface area contributed by atoms with Gasteiger partial charge in [0.2, 0.25) is 5.75 Å². The number of ether oxygens (including phenoxy) is 4. The van der Waals surface area contributed by atoms with Gasteiger partial charge in [0, 0.05) is 0 Å². The molecule has 1 fully saturated rings. The lowest BCUT2D eigenvalue weighted by Crippen LogP contribution is -2.29. The molecule has 1 aliphatic heterocycles. The number of rotatable bonds is 7. The van der Waals surface area contributed by atoms with E-state index < -0.39 is 23.5 Å². The van der Waals surface area contributed by atoms with Crippen LogP contribution in [0.5, 0.6) is 28.7 Å². The molecule has 1 aliphatic rings. The molecule has 1 unspecified atom stereocenters. The number of benzene rings is 3. The topological polar surface area (TPSA) is 115 Å². The summed E-state index contributed by atoms with van der Waals surface area (Å²) in [6.45, 7) is 1.83. The summed E-state index contributed by atoms with van der Waals surface area (Å²) in [5.41, 5.74) is 1.34. The quantitative estimate of drug-likeness (QED) is 0.277. The maximum absolute atomic E-state index is 13.5. The fourth-order valence-corrected chi connectivity index (χ4v) is 4.48. The Bertz CT molecular complexity index is 1390. The number of aliphatic hydroxyl groups excluding tert-OH is 1. The van der Waals surface area contributed by atoms with Gasteiger partial charge in [0.15, 0.2) is 11.5 Å². The van der Waals surface area contributed by atoms with E-state index in [2.05, 4.69) is 0 Å². The SMILES string of the molecule is COc1ccc(C)cc1/C(O)=C1\C(=O)C(=O)N(c2ccccc2O)C1c1cc(OC)c(OC)c(OC)c1. The number of ketones is 1. The minimum Gasteiger partial charge on any atom is -0.507 e. The van der Waals surface area contributed by atoms with Gasteiger partial charge in [-0.2, -0.15) is 0 Å². The van der Waals surface area contributed by atoms with Crippen molar-refractivity contribution >= 4 is 23.1 Å². The van der Waals surface area contributed by atoms with E-state index in [1.54, 1.807) is 42.5 Å². The summed E-state index contributed by atoms with van der Waals surface area (Å²) in [5, 5.41) is 22.1. The van der Waals surface area contributed by atoms with E-state index in [1.807, 2.05) is 6.92 Å². The monoisotopic (exact) mass is 505 g/mol. The van der Waals surface area contributed by atoms with Crippen LogP contribution in [0, 0.1) is 6.92 Å². The summed E-state index contributed by atoms with van der Waals surface area (Å²) < 4.78 is 21.8. The van der Waals surface area contributed by atoms with Crippen LogP contribution in [0.4, 0.5) is 5.69 Å². The lowest BCUT2D eigenvalue weighted by Gasteiger charge is -2.27. The lowest BCUT2D eigenvalue weighted by molar-refractivity contribution is -0.132. The van der Waals surface area contributed by atoms with Gasteiger partial charge in [0.05, 0.1) is 51.3 Å². The maximum atomic E-state index is 13.5. The molecule has 4 rings (SSSR count). The predicted octanol–water partition coefficient (Wildman–Crippen LogP) is 4.36. The number of anilines is 1. The smallest absolute Gasteiger partial charge is 0.300 e. The third-order valence-corrected chi connectivity index (χ3v) is 6.20. The third kappa shape index (κ3) is 4.29. The number of hydrogen-bond acceptors (Lipinski definition) is 8. The summed E-state index contributed by atoms with van der Waals surface area (Å²) in [4.78, 5) is 28.1. The van der Waals surface area contributed by atoms with Crippen molar-refractivity contribution in [2.75, 3.05) is 33.3 Å². The molecule has 0 aliphatic carbocycles. The Labute approximate surface area is 214 Å². The molecule has 0 spiro atoms. The van der Waals surface area contributed by atoms with Gasteiger partial charge in [-0.05, 0) is 48.9 Å². The zero-order valence-corrected chi connectivity index (χ0v) is 21.1. The molecule has 0 bridgehead atoms. The second kappa shape index (κ2) is 10.1. The van der Waals surface area contributed by atoms with Gasteiger partial charge in [-0.1, -0.05) is 23.8 Å². The van der Waals surface area contributed by atoms with Gasteiger partial charge in [-0.25, -0.2) is 0 Å². The number of methoxy groups -OCH3 is 4. The first-order valence-electron chi connectivity index (χ1n) is 11.3. The highest BCUT2D eigenvalue weighted by Gasteiger charge is 2.48. The van der Waals surface area contributed by atoms with Crippen molar-refractivity contribution < 1.29 is 38.7 Å². The molecule has 0 aromatic heterocycles. The number of carbonyl (C=O) groups excluding carboxylic acids is 2. The second-order valence-corrected chi connectivity index (χ2v) is 8.32. The van der Waals surface area contributed by atoms with Gasteiger partial charge < -0.3 is 29.2 Å². The number of phenolic OH excluding ortho intramolecular Hbond substituents is 1. The van der Waals surface area contributed by atoms with E-state index in [9.17, 15) is 19.8 Å². The van der Waals surface area contributed by atoms with Crippen LogP contribution in [0.15, 0.2) is 60.2 Å². The Morgan fingerprint density at radius 3 is 2.03 bits per heavy atom. The lowest BCUT2D eigenvalue weighted by atomic mass is 9.93. The van der Waals surface area contributed by atoms with Gasteiger partial charge in [-0.3, -0.25) is 14.5 Å². The molecule has 1 saturated heterocycles. The zero-order chi connectivity index (χ0) is 26.9. The highest BCUT2D eigenvalue weighted by atomic mass is 16.5. The number of amides is 1. The van der Waals surface area contributed by atoms with Crippen LogP contribution in [-0.2, 0) is 9.59 Å². The molecule has 1 amide bonds. The van der Waals surface area contributed by atoms with Crippen LogP contribution in [0.3, 0.4) is 0 Å². The zero-order valence-electron chi connectivity index (χ0n) is 21.1. The molecule has 3 aromatic rings. The average Bonchev–Trinajstić information content (AvgIpc) is 3.17. The Hall–Kier alpha value is -4.66. The molecule has 9 heteroatoms. The van der Waals surface area contributed by atoms with E-state index in [4.69, 9.17) is 18.9 Å². The fraction of sp³-hybridized carbons (Fsp3) is 0.214. The normalized spacial score (nSPS) is 16.6. The number of hydrogen-bond donors (Lipinski definition) is 2. The van der Waals surface area contributed by atoms with E-state index in [1.165, 1.54) is 40.6 Å². The molecule has 1 atom stereocenters. The summed E-state index contributed by atoms with van der Waals surface area (Å²) in [5.74, 6) is -1.28. The molecular weight excluding hydrogens is 478 g/mol. The first-order chi connectivity index (χ1) is 17.8. The summed E-state index contributed by atoms with van der Waals surface area (Å²) in [6.07, 6.45) is 0. The number of Topliss-reactive ketones (excluding diaryl/α,β-unsaturated/α-hetero) is 1. The molecular formula is C28H27NO8. The van der Waals surface area contributed by atoms with Crippen molar-refractivity contribution in [2.45, 2.75) is 13.0 Å². The average molecular weight is 506 g/mol. The highest BCUT2D eigenvalue weighted by molar-refractivity contribution is 6.52. The largest absolute Gasteiger partial charge is 0.507 e. The van der Waals surface area contributed by atoms with E-state index in [0.717, 1.165) is 10.5 Å². The minimum absolute atomic E-state index is 0.0959. The first kappa shape index (κ1) is 25.4. The number of aromatic hydroxyl groups is 1. The third-order valence-electron chi connectivity index (χ3n) is 6.20. The van der Waals surface area contributed by atoms with Crippen LogP contribution in [0.2, 0.25) is 0 Å². The number of para-hydroxylation sites is 2. The molecule has 1 heterocycles. The van der Waals surface area contributed by atoms with Crippen LogP contribution < -0.4 is 23.8 Å². The second-order valence-electron chi connectivity index (χ2n) is 8.32. The number of aryl methyl sites for hydroxylation is 1. The Morgan fingerprint density at radius 2 is 1.46 bits per heavy atom. The summed E-state index contributed by atoms with van der Waals surface area (Å²) >= 11 is 0. The number of carbonyl (C=O) groups is 2. The minimum atomic E-state index is -1.15. The summed E-state index contributed by atoms with van der Waals surface area (Å²) in [7, 11) is 5.79. The van der Waals surface area contributed by atoms with E-state index in [-0.39, 0.29) is 34.1 Å². The van der Waals surface area contributed by atoms with E-state index in [0.29, 0.717) is 17.1 Å². The Balaban J connectivity index is 2.07. The Morgan fingerprint density at radius 1 is 0.838 bits per heavy atom. The van der Waals surface area contributed by atoms with Crippen molar-refractivity contribution in [3.05, 3.63) is 76.9 Å². The van der Waals surface area contributed by atoms with Gasteiger partial charge in [0.1, 0.15) is 17.3 Å². The van der Waals surface area contributed by atoms with E-state index >= 15 is 0 Å². The molecule has 192 valence electrons. The van der Waals surface area contributed by atoms with Crippen molar-refractivity contribution in [1.29, 1.82) is 0 Å². The molecule has 0 radical (unpaired) electrons. The van der Waals surface area contributed by atoms with Gasteiger partial charge in [0.25, 0.3) is 11.7 Å². The number of phenols is 1. The number of aliphatic hydroxyl groups is 1. The predicted molar refractivity (Wildman–Crippen MR) is 137 cm³/mol. The van der Waals surface area contributed by atoms with Crippen LogP contribution in [-0.4, -0.2) is 50.3 Å². The van der Waals surface area contributed by atoms with Crippen molar-refractivity contribution in [2.24, 2.45) is 0 Å². The summed E-state index contributed by atoms with van der Waals surface area (Å²) in [6, 6.07) is 13.3. The van der Waals surface area contributed by atoms with Crippen LogP contribution in [0.1, 0.15) is 22.7 Å². The molecule has 9 nitrogen and oxygen atoms in total.